The molecule has 3 aliphatic rings. The van der Waals surface area contributed by atoms with Gasteiger partial charge in [-0.05, 0) is 90.9 Å². The quantitative estimate of drug-likeness (QED) is 0.588. The molecule has 1 aromatic carbocycles. The molecule has 1 atom stereocenters. The highest BCUT2D eigenvalue weighted by Gasteiger charge is 2.41. The first-order valence-corrected chi connectivity index (χ1v) is 13.3. The summed E-state index contributed by atoms with van der Waals surface area (Å²) in [4.78, 5) is 19.3. The van der Waals surface area contributed by atoms with E-state index < -0.39 is 0 Å². The highest BCUT2D eigenvalue weighted by Crippen LogP contribution is 2.46. The number of nitrogens with zero attached hydrogens (tertiary/aromatic N) is 5. The van der Waals surface area contributed by atoms with Crippen LogP contribution in [0.2, 0.25) is 0 Å². The van der Waals surface area contributed by atoms with Crippen molar-refractivity contribution in [2.24, 2.45) is 5.41 Å². The lowest BCUT2D eigenvalue weighted by Gasteiger charge is -2.47. The molecule has 7 heteroatoms. The van der Waals surface area contributed by atoms with E-state index in [0.717, 1.165) is 53.8 Å². The lowest BCUT2D eigenvalue weighted by atomic mass is 9.69. The summed E-state index contributed by atoms with van der Waals surface area (Å²) in [7, 11) is 0. The molecule has 1 N–H and O–H groups in total. The van der Waals surface area contributed by atoms with Crippen LogP contribution in [0, 0.1) is 12.3 Å². The predicted molar refractivity (Wildman–Crippen MR) is 133 cm³/mol. The number of pyridine rings is 1. The van der Waals surface area contributed by atoms with E-state index in [4.69, 9.17) is 0 Å². The second-order valence-electron chi connectivity index (χ2n) is 11.1. The van der Waals surface area contributed by atoms with E-state index in [9.17, 15) is 4.79 Å². The molecule has 34 heavy (non-hydrogen) atoms. The lowest BCUT2D eigenvalue weighted by molar-refractivity contribution is 0.0335. The Morgan fingerprint density at radius 1 is 1.03 bits per heavy atom. The molecule has 2 aromatic heterocycles. The number of aromatic nitrogens is 5. The van der Waals surface area contributed by atoms with Crippen LogP contribution in [0.5, 0.6) is 0 Å². The fraction of sp³-hybridized carbons (Fsp3) is 0.630. The standard InChI is InChI=1S/C27H36N6O/c1-19-10-11-20-17-22(26(34)28-23(20)16-19)24(25-29-30-31-33(25)21-8-3-4-9-21)32-15-7-14-27(18-32)12-5-2-6-13-27/h10-11,16-17,21,24H,2-9,12-15,18H2,1H3,(H,28,34)/t24-/m0/s1. The summed E-state index contributed by atoms with van der Waals surface area (Å²) in [6.07, 6.45) is 13.8. The van der Waals surface area contributed by atoms with E-state index in [0.29, 0.717) is 11.5 Å². The van der Waals surface area contributed by atoms with Crippen molar-refractivity contribution in [3.63, 3.8) is 0 Å². The number of benzene rings is 1. The van der Waals surface area contributed by atoms with Crippen molar-refractivity contribution in [1.82, 2.24) is 30.1 Å². The van der Waals surface area contributed by atoms with Crippen molar-refractivity contribution in [2.75, 3.05) is 13.1 Å². The zero-order valence-electron chi connectivity index (χ0n) is 20.3. The molecule has 2 aliphatic carbocycles. The molecule has 1 aliphatic heterocycles. The van der Waals surface area contributed by atoms with E-state index in [-0.39, 0.29) is 11.6 Å². The van der Waals surface area contributed by atoms with E-state index in [2.05, 4.69) is 61.3 Å². The maximum Gasteiger partial charge on any atom is 0.253 e. The number of likely N-dealkylation sites (tertiary alicyclic amines) is 1. The molecule has 1 spiro atoms. The van der Waals surface area contributed by atoms with E-state index in [1.807, 2.05) is 0 Å². The number of aromatic amines is 1. The summed E-state index contributed by atoms with van der Waals surface area (Å²) in [5.74, 6) is 0.844. The molecule has 2 saturated carbocycles. The van der Waals surface area contributed by atoms with Gasteiger partial charge >= 0.3 is 0 Å². The zero-order valence-corrected chi connectivity index (χ0v) is 20.3. The Balaban J connectivity index is 1.47. The van der Waals surface area contributed by atoms with Gasteiger partial charge in [-0.1, -0.05) is 44.2 Å². The first-order chi connectivity index (χ1) is 16.6. The van der Waals surface area contributed by atoms with Gasteiger partial charge in [-0.2, -0.15) is 0 Å². The van der Waals surface area contributed by atoms with Crippen LogP contribution in [-0.2, 0) is 0 Å². The molecule has 180 valence electrons. The van der Waals surface area contributed by atoms with Crippen molar-refractivity contribution in [3.05, 3.63) is 51.6 Å². The minimum atomic E-state index is -0.218. The fourth-order valence-electron chi connectivity index (χ4n) is 7.00. The average Bonchev–Trinajstić information content (AvgIpc) is 3.53. The second kappa shape index (κ2) is 8.91. The second-order valence-corrected chi connectivity index (χ2v) is 11.1. The molecule has 0 radical (unpaired) electrons. The van der Waals surface area contributed by atoms with Gasteiger partial charge in [-0.25, -0.2) is 4.68 Å². The van der Waals surface area contributed by atoms with Crippen LogP contribution in [0.1, 0.15) is 99.7 Å². The average molecular weight is 461 g/mol. The van der Waals surface area contributed by atoms with Gasteiger partial charge in [0.15, 0.2) is 5.82 Å². The Bertz CT molecular complexity index is 1210. The van der Waals surface area contributed by atoms with E-state index >= 15 is 0 Å². The Labute approximate surface area is 200 Å². The van der Waals surface area contributed by atoms with Gasteiger partial charge in [0.25, 0.3) is 5.56 Å². The molecule has 1 saturated heterocycles. The Morgan fingerprint density at radius 2 is 1.82 bits per heavy atom. The minimum Gasteiger partial charge on any atom is -0.322 e. The summed E-state index contributed by atoms with van der Waals surface area (Å²) in [5, 5.41) is 14.3. The molecule has 0 bridgehead atoms. The molecular formula is C27H36N6O. The summed E-state index contributed by atoms with van der Waals surface area (Å²) in [5.41, 5.74) is 3.17. The van der Waals surface area contributed by atoms with Crippen LogP contribution in [0.15, 0.2) is 29.1 Å². The van der Waals surface area contributed by atoms with Gasteiger partial charge in [0, 0.05) is 17.6 Å². The van der Waals surface area contributed by atoms with Crippen molar-refractivity contribution < 1.29 is 0 Å². The van der Waals surface area contributed by atoms with Gasteiger partial charge in [0.2, 0.25) is 0 Å². The normalized spacial score (nSPS) is 22.5. The van der Waals surface area contributed by atoms with Gasteiger partial charge in [-0.3, -0.25) is 9.69 Å². The molecular weight excluding hydrogens is 424 g/mol. The Morgan fingerprint density at radius 3 is 2.65 bits per heavy atom. The van der Waals surface area contributed by atoms with Crippen molar-refractivity contribution in [2.45, 2.75) is 89.6 Å². The number of hydrogen-bond donors (Lipinski definition) is 1. The molecule has 6 rings (SSSR count). The number of hydrogen-bond acceptors (Lipinski definition) is 5. The molecule has 7 nitrogen and oxygen atoms in total. The fourth-order valence-corrected chi connectivity index (χ4v) is 7.00. The summed E-state index contributed by atoms with van der Waals surface area (Å²) >= 11 is 0. The van der Waals surface area contributed by atoms with Crippen LogP contribution < -0.4 is 5.56 Å². The highest BCUT2D eigenvalue weighted by molar-refractivity contribution is 5.79. The SMILES string of the molecule is Cc1ccc2cc([C@@H](c3nnnn3C3CCCC3)N3CCCC4(CCCCC4)C3)c(=O)[nH]c2c1. The van der Waals surface area contributed by atoms with Crippen molar-refractivity contribution >= 4 is 10.9 Å². The number of H-pyrrole nitrogens is 1. The van der Waals surface area contributed by atoms with Gasteiger partial charge in [-0.15, -0.1) is 5.10 Å². The third-order valence-electron chi connectivity index (χ3n) is 8.73. The van der Waals surface area contributed by atoms with Crippen LogP contribution in [0.4, 0.5) is 0 Å². The third kappa shape index (κ3) is 3.98. The summed E-state index contributed by atoms with van der Waals surface area (Å²) in [6.45, 7) is 4.07. The van der Waals surface area contributed by atoms with Crippen LogP contribution in [-0.4, -0.2) is 43.2 Å². The zero-order chi connectivity index (χ0) is 23.1. The first-order valence-electron chi connectivity index (χ1n) is 13.3. The number of tetrazole rings is 1. The van der Waals surface area contributed by atoms with Crippen LogP contribution >= 0.6 is 0 Å². The van der Waals surface area contributed by atoms with E-state index in [1.165, 1.54) is 57.8 Å². The number of fused-ring (bicyclic) bond motifs is 1. The summed E-state index contributed by atoms with van der Waals surface area (Å²) in [6, 6.07) is 8.48. The highest BCUT2D eigenvalue weighted by atomic mass is 16.1. The number of nitrogens with one attached hydrogen (secondary N) is 1. The largest absolute Gasteiger partial charge is 0.322 e. The number of rotatable bonds is 4. The maximum atomic E-state index is 13.6. The van der Waals surface area contributed by atoms with Crippen molar-refractivity contribution in [3.8, 4) is 0 Å². The first kappa shape index (κ1) is 22.0. The third-order valence-corrected chi connectivity index (χ3v) is 8.73. The smallest absolute Gasteiger partial charge is 0.253 e. The van der Waals surface area contributed by atoms with Crippen LogP contribution in [0.25, 0.3) is 10.9 Å². The monoisotopic (exact) mass is 460 g/mol. The Kier molecular flexibility index (Phi) is 5.76. The maximum absolute atomic E-state index is 13.6. The number of aryl methyl sites for hydroxylation is 1. The molecule has 3 heterocycles. The minimum absolute atomic E-state index is 0.0210. The van der Waals surface area contributed by atoms with Gasteiger partial charge < -0.3 is 4.98 Å². The Hall–Kier alpha value is -2.54. The topological polar surface area (TPSA) is 79.7 Å². The van der Waals surface area contributed by atoms with Gasteiger partial charge in [0.1, 0.15) is 6.04 Å². The van der Waals surface area contributed by atoms with E-state index in [1.54, 1.807) is 0 Å². The lowest BCUT2D eigenvalue weighted by Crippen LogP contribution is -2.47. The van der Waals surface area contributed by atoms with Crippen molar-refractivity contribution in [1.29, 1.82) is 0 Å². The summed E-state index contributed by atoms with van der Waals surface area (Å²) < 4.78 is 2.05. The number of piperidine rings is 1. The molecule has 0 amide bonds. The molecule has 3 fully saturated rings. The van der Waals surface area contributed by atoms with Crippen LogP contribution in [0.3, 0.4) is 0 Å². The molecule has 3 aromatic rings. The predicted octanol–water partition coefficient (Wildman–Crippen LogP) is 5.07. The molecule has 0 unspecified atom stereocenters. The van der Waals surface area contributed by atoms with Gasteiger partial charge in [0.05, 0.1) is 6.04 Å².